The SMILES string of the molecule is O=c1c2c(ncn2Cc2cccc(Cl)c2)n(-c2ccccc2)c(=O)n1C1CC1. The van der Waals surface area contributed by atoms with Gasteiger partial charge in [-0.2, -0.15) is 0 Å². The second kappa shape index (κ2) is 6.49. The Kier molecular flexibility index (Phi) is 3.94. The van der Waals surface area contributed by atoms with Gasteiger partial charge >= 0.3 is 5.69 Å². The lowest BCUT2D eigenvalue weighted by Crippen LogP contribution is -2.39. The lowest BCUT2D eigenvalue weighted by atomic mass is 10.2. The first-order valence-corrected chi connectivity index (χ1v) is 9.53. The molecule has 6 nitrogen and oxygen atoms in total. The predicted molar refractivity (Wildman–Crippen MR) is 108 cm³/mol. The molecule has 1 saturated carbocycles. The number of para-hydroxylation sites is 1. The summed E-state index contributed by atoms with van der Waals surface area (Å²) in [4.78, 5) is 30.8. The molecule has 0 spiro atoms. The number of rotatable bonds is 4. The average molecular weight is 393 g/mol. The summed E-state index contributed by atoms with van der Waals surface area (Å²) in [6, 6.07) is 16.8. The maximum absolute atomic E-state index is 13.2. The van der Waals surface area contributed by atoms with Crippen LogP contribution in [0.3, 0.4) is 0 Å². The van der Waals surface area contributed by atoms with Gasteiger partial charge in [-0.3, -0.25) is 9.36 Å². The second-order valence-corrected chi connectivity index (χ2v) is 7.47. The van der Waals surface area contributed by atoms with Crippen molar-refractivity contribution in [2.75, 3.05) is 0 Å². The largest absolute Gasteiger partial charge is 0.337 e. The van der Waals surface area contributed by atoms with Gasteiger partial charge in [-0.1, -0.05) is 41.9 Å². The smallest absolute Gasteiger partial charge is 0.320 e. The number of benzene rings is 2. The topological polar surface area (TPSA) is 61.8 Å². The van der Waals surface area contributed by atoms with Crippen LogP contribution in [0.15, 0.2) is 70.5 Å². The number of fused-ring (bicyclic) bond motifs is 1. The Morgan fingerprint density at radius 2 is 1.82 bits per heavy atom. The molecule has 1 fully saturated rings. The average Bonchev–Trinajstić information content (AvgIpc) is 3.43. The van der Waals surface area contributed by atoms with E-state index in [0.717, 1.165) is 18.4 Å². The fourth-order valence-corrected chi connectivity index (χ4v) is 3.78. The van der Waals surface area contributed by atoms with Crippen LogP contribution in [0, 0.1) is 0 Å². The van der Waals surface area contributed by atoms with Crippen molar-refractivity contribution in [1.82, 2.24) is 18.7 Å². The quantitative estimate of drug-likeness (QED) is 0.535. The van der Waals surface area contributed by atoms with Crippen LogP contribution >= 0.6 is 11.6 Å². The van der Waals surface area contributed by atoms with Gasteiger partial charge in [0.2, 0.25) is 0 Å². The van der Waals surface area contributed by atoms with Crippen molar-refractivity contribution >= 4 is 22.8 Å². The molecule has 28 heavy (non-hydrogen) atoms. The first kappa shape index (κ1) is 17.0. The van der Waals surface area contributed by atoms with Gasteiger partial charge in [-0.15, -0.1) is 0 Å². The lowest BCUT2D eigenvalue weighted by molar-refractivity contribution is 0.639. The fourth-order valence-electron chi connectivity index (χ4n) is 3.57. The highest BCUT2D eigenvalue weighted by atomic mass is 35.5. The highest BCUT2D eigenvalue weighted by molar-refractivity contribution is 6.30. The molecule has 4 aromatic rings. The van der Waals surface area contributed by atoms with E-state index in [2.05, 4.69) is 4.98 Å². The highest BCUT2D eigenvalue weighted by Gasteiger charge is 2.30. The number of halogens is 1. The molecule has 0 saturated heterocycles. The lowest BCUT2D eigenvalue weighted by Gasteiger charge is -2.12. The predicted octanol–water partition coefficient (Wildman–Crippen LogP) is 3.39. The summed E-state index contributed by atoms with van der Waals surface area (Å²) in [5.74, 6) is 0. The van der Waals surface area contributed by atoms with Crippen molar-refractivity contribution in [2.24, 2.45) is 0 Å². The Balaban J connectivity index is 1.78. The summed E-state index contributed by atoms with van der Waals surface area (Å²) in [5, 5.41) is 0.638. The Bertz CT molecular complexity index is 1300. The van der Waals surface area contributed by atoms with Gasteiger partial charge in [0.15, 0.2) is 11.2 Å². The third-order valence-corrected chi connectivity index (χ3v) is 5.25. The molecule has 0 radical (unpaired) electrons. The zero-order valence-corrected chi connectivity index (χ0v) is 15.7. The van der Waals surface area contributed by atoms with Crippen molar-refractivity contribution in [3.05, 3.63) is 92.3 Å². The summed E-state index contributed by atoms with van der Waals surface area (Å²) in [5.41, 5.74) is 1.84. The second-order valence-electron chi connectivity index (χ2n) is 7.03. The van der Waals surface area contributed by atoms with E-state index in [1.165, 1.54) is 9.13 Å². The standard InChI is InChI=1S/C21H17ClN4O2/c22-15-6-4-5-14(11-15)12-24-13-23-19-18(24)20(27)26(17-9-10-17)21(28)25(19)16-7-2-1-3-8-16/h1-8,11,13,17H,9-10,12H2. The molecule has 0 aliphatic heterocycles. The van der Waals surface area contributed by atoms with Crippen molar-refractivity contribution in [2.45, 2.75) is 25.4 Å². The summed E-state index contributed by atoms with van der Waals surface area (Å²) in [6.07, 6.45) is 3.30. The summed E-state index contributed by atoms with van der Waals surface area (Å²) < 4.78 is 4.70. The maximum Gasteiger partial charge on any atom is 0.337 e. The summed E-state index contributed by atoms with van der Waals surface area (Å²) in [6.45, 7) is 0.448. The van der Waals surface area contributed by atoms with Crippen LogP contribution in [0.2, 0.25) is 5.02 Å². The monoisotopic (exact) mass is 392 g/mol. The molecule has 0 bridgehead atoms. The Hall–Kier alpha value is -3.12. The molecule has 140 valence electrons. The zero-order valence-electron chi connectivity index (χ0n) is 15.0. The van der Waals surface area contributed by atoms with Crippen molar-refractivity contribution in [3.8, 4) is 5.69 Å². The van der Waals surface area contributed by atoms with Crippen LogP contribution in [0.25, 0.3) is 16.9 Å². The van der Waals surface area contributed by atoms with E-state index < -0.39 is 0 Å². The first-order valence-electron chi connectivity index (χ1n) is 9.16. The number of hydrogen-bond acceptors (Lipinski definition) is 3. The molecule has 2 aromatic carbocycles. The molecule has 0 atom stereocenters. The molecule has 0 unspecified atom stereocenters. The number of aromatic nitrogens is 4. The van der Waals surface area contributed by atoms with E-state index in [-0.39, 0.29) is 17.3 Å². The molecule has 2 aromatic heterocycles. The van der Waals surface area contributed by atoms with Crippen LogP contribution in [0.1, 0.15) is 24.4 Å². The zero-order chi connectivity index (χ0) is 19.3. The van der Waals surface area contributed by atoms with E-state index in [9.17, 15) is 9.59 Å². The van der Waals surface area contributed by atoms with Crippen LogP contribution in [0.4, 0.5) is 0 Å². The Morgan fingerprint density at radius 1 is 1.04 bits per heavy atom. The van der Waals surface area contributed by atoms with Crippen molar-refractivity contribution in [3.63, 3.8) is 0 Å². The van der Waals surface area contributed by atoms with Crippen molar-refractivity contribution in [1.29, 1.82) is 0 Å². The van der Waals surface area contributed by atoms with E-state index in [0.29, 0.717) is 28.4 Å². The van der Waals surface area contributed by atoms with Gasteiger partial charge in [0.1, 0.15) is 0 Å². The molecule has 7 heteroatoms. The molecule has 5 rings (SSSR count). The fraction of sp³-hybridized carbons (Fsp3) is 0.190. The highest BCUT2D eigenvalue weighted by Crippen LogP contribution is 2.32. The Morgan fingerprint density at radius 3 is 2.54 bits per heavy atom. The molecular weight excluding hydrogens is 376 g/mol. The minimum absolute atomic E-state index is 0.0334. The van der Waals surface area contributed by atoms with Gasteiger partial charge in [0.25, 0.3) is 5.56 Å². The van der Waals surface area contributed by atoms with Gasteiger partial charge in [0, 0.05) is 17.6 Å². The van der Waals surface area contributed by atoms with Crippen LogP contribution in [-0.2, 0) is 6.54 Å². The van der Waals surface area contributed by atoms with E-state index in [4.69, 9.17) is 11.6 Å². The first-order chi connectivity index (χ1) is 13.6. The summed E-state index contributed by atoms with van der Waals surface area (Å²) >= 11 is 6.10. The summed E-state index contributed by atoms with van der Waals surface area (Å²) in [7, 11) is 0. The van der Waals surface area contributed by atoms with E-state index in [1.54, 1.807) is 10.9 Å². The van der Waals surface area contributed by atoms with Crippen LogP contribution in [-0.4, -0.2) is 18.7 Å². The van der Waals surface area contributed by atoms with Crippen LogP contribution in [0.5, 0.6) is 0 Å². The van der Waals surface area contributed by atoms with Crippen molar-refractivity contribution < 1.29 is 0 Å². The minimum atomic E-state index is -0.334. The van der Waals surface area contributed by atoms with Crippen LogP contribution < -0.4 is 11.2 Å². The third-order valence-electron chi connectivity index (χ3n) is 5.02. The molecule has 1 aliphatic rings. The Labute approximate surface area is 165 Å². The van der Waals surface area contributed by atoms with Gasteiger partial charge in [-0.25, -0.2) is 14.3 Å². The molecule has 0 N–H and O–H groups in total. The molecule has 2 heterocycles. The van der Waals surface area contributed by atoms with E-state index >= 15 is 0 Å². The van der Waals surface area contributed by atoms with Gasteiger partial charge < -0.3 is 4.57 Å². The normalized spacial score (nSPS) is 13.9. The van der Waals surface area contributed by atoms with E-state index in [1.807, 2.05) is 54.6 Å². The van der Waals surface area contributed by atoms with Gasteiger partial charge in [-0.05, 0) is 42.7 Å². The number of nitrogens with zero attached hydrogens (tertiary/aromatic N) is 4. The third kappa shape index (κ3) is 2.77. The number of imidazole rings is 1. The van der Waals surface area contributed by atoms with Gasteiger partial charge in [0.05, 0.1) is 12.0 Å². The molecule has 0 amide bonds. The minimum Gasteiger partial charge on any atom is -0.320 e. The molecule has 1 aliphatic carbocycles. The number of hydrogen-bond donors (Lipinski definition) is 0. The molecular formula is C21H17ClN4O2. The maximum atomic E-state index is 13.2.